The van der Waals surface area contributed by atoms with Crippen molar-refractivity contribution in [2.45, 2.75) is 111 Å². The molecule has 0 spiro atoms. The monoisotopic (exact) mass is 581 g/mol. The van der Waals surface area contributed by atoms with E-state index in [1.807, 2.05) is 44.2 Å². The number of ether oxygens (including phenoxy) is 1. The molecule has 0 bridgehead atoms. The van der Waals surface area contributed by atoms with Crippen molar-refractivity contribution in [1.82, 2.24) is 15.5 Å². The Kier molecular flexibility index (Phi) is 14.4. The summed E-state index contributed by atoms with van der Waals surface area (Å²) in [6, 6.07) is 14.1. The van der Waals surface area contributed by atoms with Crippen LogP contribution in [-0.4, -0.2) is 46.1 Å². The summed E-state index contributed by atoms with van der Waals surface area (Å²) in [7, 11) is 0. The average molecular weight is 582 g/mol. The van der Waals surface area contributed by atoms with E-state index in [2.05, 4.69) is 17.6 Å². The number of carbonyl (C=O) groups is 3. The van der Waals surface area contributed by atoms with Crippen LogP contribution in [0.2, 0.25) is 0 Å². The first kappa shape index (κ1) is 34.7. The number of alkyl carbamates (subject to hydrolysis) is 1. The fourth-order valence-electron chi connectivity index (χ4n) is 4.78. The molecule has 0 aromatic heterocycles. The molecule has 42 heavy (non-hydrogen) atoms. The largest absolute Gasteiger partial charge is 0.508 e. The van der Waals surface area contributed by atoms with Crippen LogP contribution >= 0.6 is 0 Å². The van der Waals surface area contributed by atoms with Gasteiger partial charge in [-0.2, -0.15) is 0 Å². The number of phenols is 1. The van der Waals surface area contributed by atoms with Crippen molar-refractivity contribution in [3.8, 4) is 5.75 Å². The summed E-state index contributed by atoms with van der Waals surface area (Å²) in [5.41, 5.74) is 0.517. The lowest BCUT2D eigenvalue weighted by Crippen LogP contribution is -2.55. The molecule has 3 unspecified atom stereocenters. The maximum Gasteiger partial charge on any atom is 0.408 e. The number of para-hydroxylation sites is 1. The van der Waals surface area contributed by atoms with Gasteiger partial charge in [-0.3, -0.25) is 9.59 Å². The van der Waals surface area contributed by atoms with Crippen molar-refractivity contribution in [2.24, 2.45) is 5.92 Å². The molecule has 0 heterocycles. The van der Waals surface area contributed by atoms with Gasteiger partial charge in [0.05, 0.1) is 0 Å². The summed E-state index contributed by atoms with van der Waals surface area (Å²) in [6.07, 6.45) is 5.95. The van der Waals surface area contributed by atoms with E-state index in [0.717, 1.165) is 37.7 Å². The smallest absolute Gasteiger partial charge is 0.408 e. The number of amides is 3. The highest BCUT2D eigenvalue weighted by molar-refractivity contribution is 5.92. The minimum Gasteiger partial charge on any atom is -0.508 e. The SMILES string of the molecule is CCCCCCCCN(C(=O)C(NC(=O)OC(C)(C)C)C(C)CC)C(C(=O)NCc1ccccc1)c1ccccc1O. The molecule has 0 aliphatic heterocycles. The Morgan fingerprint density at radius 3 is 2.14 bits per heavy atom. The highest BCUT2D eigenvalue weighted by Gasteiger charge is 2.38. The first-order chi connectivity index (χ1) is 20.0. The molecule has 3 atom stereocenters. The molecule has 3 amide bonds. The van der Waals surface area contributed by atoms with E-state index in [4.69, 9.17) is 4.74 Å². The molecule has 2 aromatic carbocycles. The predicted molar refractivity (Wildman–Crippen MR) is 167 cm³/mol. The van der Waals surface area contributed by atoms with Gasteiger partial charge in [0.1, 0.15) is 23.4 Å². The van der Waals surface area contributed by atoms with Crippen LogP contribution in [0.25, 0.3) is 0 Å². The third-order valence-corrected chi connectivity index (χ3v) is 7.29. The number of phenolic OH excluding ortho intramolecular Hbond substituents is 1. The fourth-order valence-corrected chi connectivity index (χ4v) is 4.78. The van der Waals surface area contributed by atoms with Crippen molar-refractivity contribution in [3.63, 3.8) is 0 Å². The maximum atomic E-state index is 14.4. The molecular weight excluding hydrogens is 530 g/mol. The number of hydrogen-bond donors (Lipinski definition) is 3. The van der Waals surface area contributed by atoms with E-state index in [-0.39, 0.29) is 24.1 Å². The van der Waals surface area contributed by atoms with Crippen LogP contribution in [0.15, 0.2) is 54.6 Å². The molecule has 8 heteroatoms. The minimum atomic E-state index is -1.09. The van der Waals surface area contributed by atoms with E-state index in [1.165, 1.54) is 11.0 Å². The topological polar surface area (TPSA) is 108 Å². The van der Waals surface area contributed by atoms with Crippen LogP contribution in [0.4, 0.5) is 4.79 Å². The van der Waals surface area contributed by atoms with Gasteiger partial charge < -0.3 is 25.4 Å². The number of nitrogens with zero attached hydrogens (tertiary/aromatic N) is 1. The van der Waals surface area contributed by atoms with Gasteiger partial charge in [0.15, 0.2) is 0 Å². The fraction of sp³-hybridized carbons (Fsp3) is 0.559. The van der Waals surface area contributed by atoms with Crippen molar-refractivity contribution in [3.05, 3.63) is 65.7 Å². The van der Waals surface area contributed by atoms with Crippen LogP contribution in [0.1, 0.15) is 104 Å². The lowest BCUT2D eigenvalue weighted by Gasteiger charge is -2.36. The van der Waals surface area contributed by atoms with Gasteiger partial charge in [-0.25, -0.2) is 4.79 Å². The second-order valence-electron chi connectivity index (χ2n) is 12.0. The van der Waals surface area contributed by atoms with Crippen LogP contribution < -0.4 is 10.6 Å². The lowest BCUT2D eigenvalue weighted by atomic mass is 9.95. The zero-order valence-electron chi connectivity index (χ0n) is 26.3. The number of hydrogen-bond acceptors (Lipinski definition) is 5. The van der Waals surface area contributed by atoms with E-state index in [0.29, 0.717) is 24.9 Å². The van der Waals surface area contributed by atoms with E-state index < -0.39 is 29.7 Å². The molecule has 0 radical (unpaired) electrons. The number of rotatable bonds is 16. The van der Waals surface area contributed by atoms with Gasteiger partial charge in [-0.05, 0) is 44.7 Å². The molecular formula is C34H51N3O5. The average Bonchev–Trinajstić information content (AvgIpc) is 2.95. The van der Waals surface area contributed by atoms with Gasteiger partial charge >= 0.3 is 6.09 Å². The highest BCUT2D eigenvalue weighted by atomic mass is 16.6. The van der Waals surface area contributed by atoms with Crippen molar-refractivity contribution in [1.29, 1.82) is 0 Å². The molecule has 0 fully saturated rings. The van der Waals surface area contributed by atoms with Gasteiger partial charge in [-0.15, -0.1) is 0 Å². The Balaban J connectivity index is 2.47. The lowest BCUT2D eigenvalue weighted by molar-refractivity contribution is -0.143. The van der Waals surface area contributed by atoms with Gasteiger partial charge in [0, 0.05) is 18.7 Å². The van der Waals surface area contributed by atoms with Gasteiger partial charge in [0.2, 0.25) is 11.8 Å². The molecule has 0 aliphatic carbocycles. The predicted octanol–water partition coefficient (Wildman–Crippen LogP) is 6.88. The van der Waals surface area contributed by atoms with E-state index in [1.54, 1.807) is 39.0 Å². The Morgan fingerprint density at radius 2 is 1.52 bits per heavy atom. The summed E-state index contributed by atoms with van der Waals surface area (Å²) >= 11 is 0. The first-order valence-corrected chi connectivity index (χ1v) is 15.4. The minimum absolute atomic E-state index is 0.0710. The van der Waals surface area contributed by atoms with Gasteiger partial charge in [-0.1, -0.05) is 108 Å². The van der Waals surface area contributed by atoms with Crippen LogP contribution in [0.5, 0.6) is 5.75 Å². The summed E-state index contributed by atoms with van der Waals surface area (Å²) in [5, 5.41) is 16.6. The summed E-state index contributed by atoms with van der Waals surface area (Å²) < 4.78 is 5.49. The third-order valence-electron chi connectivity index (χ3n) is 7.29. The Morgan fingerprint density at radius 1 is 0.905 bits per heavy atom. The molecule has 2 rings (SSSR count). The van der Waals surface area contributed by atoms with Crippen LogP contribution in [0.3, 0.4) is 0 Å². The quantitative estimate of drug-likeness (QED) is 0.187. The number of aromatic hydroxyl groups is 1. The van der Waals surface area contributed by atoms with Crippen molar-refractivity contribution >= 4 is 17.9 Å². The Labute approximate surface area is 252 Å². The standard InChI is InChI=1S/C34H51N3O5/c1-7-9-10-11-12-18-23-37(32(40)29(25(3)8-2)36-33(41)42-34(4,5)6)30(27-21-16-17-22-28(27)38)31(39)35-24-26-19-14-13-15-20-26/h13-17,19-22,25,29-30,38H,7-12,18,23-24H2,1-6H3,(H,35,39)(H,36,41). The number of carbonyl (C=O) groups excluding carboxylic acids is 3. The third kappa shape index (κ3) is 11.4. The molecule has 3 N–H and O–H groups in total. The van der Waals surface area contributed by atoms with Crippen LogP contribution in [0, 0.1) is 5.92 Å². The summed E-state index contributed by atoms with van der Waals surface area (Å²) in [6.45, 7) is 11.9. The molecule has 0 aliphatic rings. The maximum absolute atomic E-state index is 14.4. The van der Waals surface area contributed by atoms with Crippen LogP contribution in [-0.2, 0) is 20.9 Å². The summed E-state index contributed by atoms with van der Waals surface area (Å²) in [4.78, 5) is 42.7. The Hall–Kier alpha value is -3.55. The first-order valence-electron chi connectivity index (χ1n) is 15.4. The van der Waals surface area contributed by atoms with E-state index in [9.17, 15) is 19.5 Å². The number of unbranched alkanes of at least 4 members (excludes halogenated alkanes) is 5. The molecule has 8 nitrogen and oxygen atoms in total. The zero-order valence-corrected chi connectivity index (χ0v) is 26.3. The summed E-state index contributed by atoms with van der Waals surface area (Å²) in [5.74, 6) is -1.08. The van der Waals surface area contributed by atoms with Gasteiger partial charge in [0.25, 0.3) is 0 Å². The second-order valence-corrected chi connectivity index (χ2v) is 12.0. The normalized spacial score (nSPS) is 13.5. The number of nitrogens with one attached hydrogen (secondary N) is 2. The molecule has 2 aromatic rings. The van der Waals surface area contributed by atoms with Crippen molar-refractivity contribution in [2.75, 3.05) is 6.54 Å². The zero-order chi connectivity index (χ0) is 31.1. The Bertz CT molecular complexity index is 1120. The van der Waals surface area contributed by atoms with E-state index >= 15 is 0 Å². The highest BCUT2D eigenvalue weighted by Crippen LogP contribution is 2.31. The molecule has 0 saturated heterocycles. The number of benzene rings is 2. The van der Waals surface area contributed by atoms with Crippen molar-refractivity contribution < 1.29 is 24.2 Å². The molecule has 232 valence electrons. The molecule has 0 saturated carbocycles. The second kappa shape index (κ2) is 17.4.